The van der Waals surface area contributed by atoms with Crippen molar-refractivity contribution in [2.45, 2.75) is 39.3 Å². The zero-order valence-electron chi connectivity index (χ0n) is 17.3. The fourth-order valence-corrected chi connectivity index (χ4v) is 2.90. The first kappa shape index (κ1) is 24.3. The highest BCUT2D eigenvalue weighted by Crippen LogP contribution is 2.12. The lowest BCUT2D eigenvalue weighted by atomic mass is 10.1. The van der Waals surface area contributed by atoms with Gasteiger partial charge >= 0.3 is 6.09 Å². The van der Waals surface area contributed by atoms with Gasteiger partial charge in [-0.1, -0.05) is 6.07 Å². The average molecular weight is 504 g/mol. The third-order valence-corrected chi connectivity index (χ3v) is 4.36. The van der Waals surface area contributed by atoms with Crippen LogP contribution in [0.4, 0.5) is 10.6 Å². The Kier molecular flexibility index (Phi) is 10.9. The molecule has 2 rings (SSSR count). The molecule has 0 unspecified atom stereocenters. The van der Waals surface area contributed by atoms with E-state index in [-0.39, 0.29) is 36.1 Å². The van der Waals surface area contributed by atoms with E-state index >= 15 is 0 Å². The smallest absolute Gasteiger partial charge is 0.409 e. The van der Waals surface area contributed by atoms with Crippen LogP contribution in [0.15, 0.2) is 23.2 Å². The van der Waals surface area contributed by atoms with E-state index in [1.165, 1.54) is 0 Å². The van der Waals surface area contributed by atoms with E-state index in [0.717, 1.165) is 36.9 Å². The van der Waals surface area contributed by atoms with Crippen LogP contribution in [0, 0.1) is 0 Å². The van der Waals surface area contributed by atoms with Gasteiger partial charge in [0.25, 0.3) is 0 Å². The van der Waals surface area contributed by atoms with Crippen LogP contribution in [0.1, 0.15) is 32.4 Å². The molecule has 0 aliphatic carbocycles. The summed E-state index contributed by atoms with van der Waals surface area (Å²) in [5, 5.41) is 6.77. The molecule has 1 fully saturated rings. The van der Waals surface area contributed by atoms with Crippen LogP contribution >= 0.6 is 24.0 Å². The predicted octanol–water partition coefficient (Wildman–Crippen LogP) is 2.44. The van der Waals surface area contributed by atoms with E-state index in [1.807, 2.05) is 51.0 Å². The number of aromatic nitrogens is 1. The number of amides is 1. The maximum Gasteiger partial charge on any atom is 0.409 e. The van der Waals surface area contributed by atoms with Crippen LogP contribution in [-0.4, -0.2) is 68.3 Å². The maximum atomic E-state index is 11.8. The van der Waals surface area contributed by atoms with Crippen LogP contribution < -0.4 is 15.5 Å². The molecule has 1 saturated heterocycles. The summed E-state index contributed by atoms with van der Waals surface area (Å²) in [6.45, 7) is 6.99. The molecular weight excluding hydrogens is 471 g/mol. The Balaban J connectivity index is 0.00000392. The molecule has 0 spiro atoms. The van der Waals surface area contributed by atoms with Crippen molar-refractivity contribution in [2.24, 2.45) is 4.99 Å². The van der Waals surface area contributed by atoms with E-state index in [2.05, 4.69) is 20.6 Å². The van der Waals surface area contributed by atoms with Crippen LogP contribution in [0.25, 0.3) is 0 Å². The van der Waals surface area contributed by atoms with E-state index < -0.39 is 0 Å². The van der Waals surface area contributed by atoms with E-state index in [0.29, 0.717) is 26.2 Å². The summed E-state index contributed by atoms with van der Waals surface area (Å²) in [5.41, 5.74) is 0.926. The minimum atomic E-state index is -0.219. The Bertz CT molecular complexity index is 633. The monoisotopic (exact) mass is 504 g/mol. The van der Waals surface area contributed by atoms with Crippen molar-refractivity contribution in [3.8, 4) is 0 Å². The number of hydrogen-bond donors (Lipinski definition) is 2. The van der Waals surface area contributed by atoms with Gasteiger partial charge < -0.3 is 25.2 Å². The Morgan fingerprint density at radius 3 is 2.64 bits per heavy atom. The minimum Gasteiger partial charge on any atom is -0.450 e. The lowest BCUT2D eigenvalue weighted by Crippen LogP contribution is -2.49. The number of guanidine groups is 1. The normalized spacial score (nSPS) is 14.9. The van der Waals surface area contributed by atoms with Crippen LogP contribution in [0.2, 0.25) is 0 Å². The molecule has 2 N–H and O–H groups in total. The van der Waals surface area contributed by atoms with Gasteiger partial charge in [0.05, 0.1) is 18.8 Å². The van der Waals surface area contributed by atoms with Gasteiger partial charge in [-0.25, -0.2) is 14.8 Å². The number of aliphatic imine (C=N–C) groups is 1. The van der Waals surface area contributed by atoms with Crippen molar-refractivity contribution in [1.29, 1.82) is 0 Å². The molecule has 0 radical (unpaired) electrons. The Morgan fingerprint density at radius 2 is 2.04 bits per heavy atom. The summed E-state index contributed by atoms with van der Waals surface area (Å²) < 4.78 is 5.07. The number of carbonyl (C=O) groups excluding carboxylic acids is 1. The number of carbonyl (C=O) groups is 1. The average Bonchev–Trinajstić information content (AvgIpc) is 2.67. The van der Waals surface area contributed by atoms with Gasteiger partial charge in [-0.15, -0.1) is 24.0 Å². The molecule has 2 heterocycles. The number of piperidine rings is 1. The van der Waals surface area contributed by atoms with E-state index in [4.69, 9.17) is 4.74 Å². The number of nitrogens with one attached hydrogen (secondary N) is 2. The third kappa shape index (κ3) is 7.69. The Hall–Kier alpha value is -1.78. The molecular formula is C19H33IN6O2. The number of halogens is 1. The Labute approximate surface area is 185 Å². The lowest BCUT2D eigenvalue weighted by molar-refractivity contribution is 0.0963. The molecule has 1 aromatic heterocycles. The molecule has 1 aliphatic heterocycles. The molecule has 9 heteroatoms. The SMILES string of the molecule is CCNC(=NCc1cccc(N(C)C)n1)NC1CCN(C(=O)OCC)CC1.I. The number of pyridine rings is 1. The molecule has 1 amide bonds. The van der Waals surface area contributed by atoms with Gasteiger partial charge in [0.2, 0.25) is 0 Å². The largest absolute Gasteiger partial charge is 0.450 e. The molecule has 158 valence electrons. The molecule has 0 atom stereocenters. The molecule has 0 aromatic carbocycles. The molecule has 1 aliphatic rings. The quantitative estimate of drug-likeness (QED) is 0.352. The summed E-state index contributed by atoms with van der Waals surface area (Å²) in [6, 6.07) is 6.25. The van der Waals surface area contributed by atoms with Gasteiger partial charge in [-0.3, -0.25) is 0 Å². The summed E-state index contributed by atoms with van der Waals surface area (Å²) in [6.07, 6.45) is 1.53. The second kappa shape index (κ2) is 12.6. The fraction of sp³-hybridized carbons (Fsp3) is 0.632. The number of nitrogens with zero attached hydrogens (tertiary/aromatic N) is 4. The molecule has 1 aromatic rings. The highest BCUT2D eigenvalue weighted by Gasteiger charge is 2.24. The van der Waals surface area contributed by atoms with Crippen molar-refractivity contribution in [2.75, 3.05) is 45.2 Å². The van der Waals surface area contributed by atoms with Crippen LogP contribution in [0.5, 0.6) is 0 Å². The third-order valence-electron chi connectivity index (χ3n) is 4.36. The Morgan fingerprint density at radius 1 is 1.32 bits per heavy atom. The van der Waals surface area contributed by atoms with Gasteiger partial charge in [0, 0.05) is 39.8 Å². The minimum absolute atomic E-state index is 0. The van der Waals surface area contributed by atoms with Crippen molar-refractivity contribution in [1.82, 2.24) is 20.5 Å². The molecule has 28 heavy (non-hydrogen) atoms. The zero-order valence-corrected chi connectivity index (χ0v) is 19.6. The first-order valence-corrected chi connectivity index (χ1v) is 9.63. The van der Waals surface area contributed by atoms with E-state index in [9.17, 15) is 4.79 Å². The number of hydrogen-bond acceptors (Lipinski definition) is 5. The number of anilines is 1. The number of ether oxygens (including phenoxy) is 1. The second-order valence-corrected chi connectivity index (χ2v) is 6.68. The molecule has 8 nitrogen and oxygen atoms in total. The first-order chi connectivity index (χ1) is 13.0. The zero-order chi connectivity index (χ0) is 19.6. The molecule has 0 saturated carbocycles. The van der Waals surface area contributed by atoms with Crippen LogP contribution in [-0.2, 0) is 11.3 Å². The fourth-order valence-electron chi connectivity index (χ4n) is 2.90. The summed E-state index contributed by atoms with van der Waals surface area (Å²) in [4.78, 5) is 24.8. The van der Waals surface area contributed by atoms with Gasteiger partial charge in [-0.05, 0) is 38.8 Å². The van der Waals surface area contributed by atoms with Crippen molar-refractivity contribution in [3.05, 3.63) is 23.9 Å². The summed E-state index contributed by atoms with van der Waals surface area (Å²) in [7, 11) is 3.95. The van der Waals surface area contributed by atoms with Crippen molar-refractivity contribution in [3.63, 3.8) is 0 Å². The van der Waals surface area contributed by atoms with Gasteiger partial charge in [0.1, 0.15) is 5.82 Å². The van der Waals surface area contributed by atoms with Crippen molar-refractivity contribution < 1.29 is 9.53 Å². The topological polar surface area (TPSA) is 82.1 Å². The highest BCUT2D eigenvalue weighted by atomic mass is 127. The predicted molar refractivity (Wildman–Crippen MR) is 124 cm³/mol. The standard InChI is InChI=1S/C19H32N6O2.HI/c1-5-20-18(21-14-16-8-7-9-17(22-16)24(3)4)23-15-10-12-25(13-11-15)19(26)27-6-2;/h7-9,15H,5-6,10-14H2,1-4H3,(H2,20,21,23);1H. The van der Waals surface area contributed by atoms with Crippen molar-refractivity contribution >= 4 is 41.8 Å². The van der Waals surface area contributed by atoms with E-state index in [1.54, 1.807) is 4.90 Å². The van der Waals surface area contributed by atoms with Gasteiger partial charge in [0.15, 0.2) is 5.96 Å². The first-order valence-electron chi connectivity index (χ1n) is 9.63. The summed E-state index contributed by atoms with van der Waals surface area (Å²) in [5.74, 6) is 1.70. The maximum absolute atomic E-state index is 11.8. The highest BCUT2D eigenvalue weighted by molar-refractivity contribution is 14.0. The number of likely N-dealkylation sites (tertiary alicyclic amines) is 1. The van der Waals surface area contributed by atoms with Gasteiger partial charge in [-0.2, -0.15) is 0 Å². The summed E-state index contributed by atoms with van der Waals surface area (Å²) >= 11 is 0. The van der Waals surface area contributed by atoms with Crippen LogP contribution in [0.3, 0.4) is 0 Å². The number of rotatable bonds is 6. The molecule has 0 bridgehead atoms. The second-order valence-electron chi connectivity index (χ2n) is 6.68. The lowest BCUT2D eigenvalue weighted by Gasteiger charge is -2.32.